The van der Waals surface area contributed by atoms with Gasteiger partial charge in [-0.25, -0.2) is 0 Å². The molecule has 0 heterocycles. The third-order valence-electron chi connectivity index (χ3n) is 5.07. The monoisotopic (exact) mass is 483 g/mol. The Labute approximate surface area is 193 Å². The molecule has 0 spiro atoms. The third-order valence-corrected chi connectivity index (χ3v) is 5.07. The zero-order chi connectivity index (χ0) is 25.1. The van der Waals surface area contributed by atoms with Gasteiger partial charge in [0.15, 0.2) is 6.10 Å². The van der Waals surface area contributed by atoms with Crippen molar-refractivity contribution in [1.82, 2.24) is 0 Å². The summed E-state index contributed by atoms with van der Waals surface area (Å²) in [4.78, 5) is 1.05. The highest BCUT2D eigenvalue weighted by Crippen LogP contribution is 2.34. The van der Waals surface area contributed by atoms with Crippen LogP contribution in [0, 0.1) is 13.8 Å². The van der Waals surface area contributed by atoms with Gasteiger partial charge in [0, 0.05) is 18.3 Å². The first-order chi connectivity index (χ1) is 15.8. The average molecular weight is 483 g/mol. The lowest BCUT2D eigenvalue weighted by atomic mass is 10.1. The number of aryl methyl sites for hydroxylation is 2. The topological polar surface area (TPSA) is 32.7 Å². The van der Waals surface area contributed by atoms with Gasteiger partial charge in [0.25, 0.3) is 0 Å². The van der Waals surface area contributed by atoms with Crippen LogP contribution in [0.3, 0.4) is 0 Å². The van der Waals surface area contributed by atoms with E-state index in [0.717, 1.165) is 22.1 Å². The molecule has 3 aromatic rings. The molecule has 0 saturated heterocycles. The Morgan fingerprint density at radius 2 is 1.47 bits per heavy atom. The molecule has 0 aliphatic rings. The maximum atomic E-state index is 13.5. The van der Waals surface area contributed by atoms with Crippen LogP contribution in [-0.2, 0) is 12.7 Å². The molecule has 0 bridgehead atoms. The summed E-state index contributed by atoms with van der Waals surface area (Å²) in [6.07, 6.45) is -12.4. The molecular formula is C25H23F6NO2. The van der Waals surface area contributed by atoms with Gasteiger partial charge in [-0.2, -0.15) is 26.3 Å². The van der Waals surface area contributed by atoms with Crippen LogP contribution in [0.1, 0.15) is 22.3 Å². The van der Waals surface area contributed by atoms with E-state index in [9.17, 15) is 31.4 Å². The molecule has 0 radical (unpaired) electrons. The first-order valence-corrected chi connectivity index (χ1v) is 10.3. The number of benzene rings is 3. The zero-order valence-corrected chi connectivity index (χ0v) is 18.4. The molecule has 0 unspecified atom stereocenters. The predicted molar refractivity (Wildman–Crippen MR) is 117 cm³/mol. The van der Waals surface area contributed by atoms with Gasteiger partial charge in [-0.15, -0.1) is 0 Å². The second kappa shape index (κ2) is 9.97. The largest absolute Gasteiger partial charge is 0.457 e. The van der Waals surface area contributed by atoms with E-state index in [2.05, 4.69) is 0 Å². The number of hydrogen-bond donors (Lipinski definition) is 1. The summed E-state index contributed by atoms with van der Waals surface area (Å²) >= 11 is 0. The number of hydrogen-bond acceptors (Lipinski definition) is 3. The number of ether oxygens (including phenoxy) is 1. The summed E-state index contributed by atoms with van der Waals surface area (Å²) in [5.41, 5.74) is 0.894. The Kier molecular flexibility index (Phi) is 7.45. The molecule has 182 valence electrons. The Morgan fingerprint density at radius 1 is 0.824 bits per heavy atom. The average Bonchev–Trinajstić information content (AvgIpc) is 2.71. The Morgan fingerprint density at radius 3 is 2.09 bits per heavy atom. The van der Waals surface area contributed by atoms with Gasteiger partial charge in [-0.1, -0.05) is 30.3 Å². The lowest BCUT2D eigenvalue weighted by Crippen LogP contribution is -2.41. The second-order valence-electron chi connectivity index (χ2n) is 8.02. The van der Waals surface area contributed by atoms with Crippen molar-refractivity contribution in [3.63, 3.8) is 0 Å². The molecule has 0 amide bonds. The highest BCUT2D eigenvalue weighted by Gasteiger charge is 2.40. The van der Waals surface area contributed by atoms with E-state index >= 15 is 0 Å². The van der Waals surface area contributed by atoms with Crippen molar-refractivity contribution in [2.45, 2.75) is 38.8 Å². The highest BCUT2D eigenvalue weighted by atomic mass is 19.4. The zero-order valence-electron chi connectivity index (χ0n) is 18.4. The Balaban J connectivity index is 1.96. The van der Waals surface area contributed by atoms with E-state index in [1.165, 1.54) is 36.4 Å². The van der Waals surface area contributed by atoms with Crippen molar-refractivity contribution in [2.75, 3.05) is 11.4 Å². The number of nitrogens with zero attached hydrogens (tertiary/aromatic N) is 1. The fourth-order valence-corrected chi connectivity index (χ4v) is 3.59. The Bertz CT molecular complexity index is 1110. The van der Waals surface area contributed by atoms with E-state index in [-0.39, 0.29) is 17.0 Å². The van der Waals surface area contributed by atoms with Gasteiger partial charge < -0.3 is 14.7 Å². The number of aliphatic hydroxyl groups is 1. The van der Waals surface area contributed by atoms with Crippen molar-refractivity contribution in [1.29, 1.82) is 0 Å². The van der Waals surface area contributed by atoms with E-state index in [4.69, 9.17) is 4.74 Å². The first-order valence-electron chi connectivity index (χ1n) is 10.3. The highest BCUT2D eigenvalue weighted by molar-refractivity contribution is 5.53. The number of halogens is 6. The molecule has 0 fully saturated rings. The molecule has 0 aliphatic heterocycles. The van der Waals surface area contributed by atoms with Crippen LogP contribution in [-0.4, -0.2) is 23.9 Å². The van der Waals surface area contributed by atoms with Crippen LogP contribution in [0.15, 0.2) is 66.7 Å². The van der Waals surface area contributed by atoms with E-state index < -0.39 is 37.1 Å². The van der Waals surface area contributed by atoms with Crippen molar-refractivity contribution in [3.05, 3.63) is 89.0 Å². The van der Waals surface area contributed by atoms with Crippen molar-refractivity contribution >= 4 is 5.69 Å². The molecule has 3 nitrogen and oxygen atoms in total. The van der Waals surface area contributed by atoms with E-state index in [1.54, 1.807) is 18.2 Å². The molecule has 9 heteroatoms. The Hall–Kier alpha value is -3.20. The van der Waals surface area contributed by atoms with E-state index in [1.807, 2.05) is 19.9 Å². The molecule has 1 atom stereocenters. The van der Waals surface area contributed by atoms with Gasteiger partial charge in [-0.05, 0) is 60.9 Å². The normalized spacial score (nSPS) is 13.0. The standard InChI is InChI=1S/C25H23F6NO2/c1-16-10-17(2)12-21(11-16)34-20-8-5-7-19(13-20)32(15-23(33)25(29,30)31)14-18-6-3-4-9-22(18)24(26,27)28/h3-13,23,33H,14-15H2,1-2H3/t23-/m1/s1. The molecule has 3 aromatic carbocycles. The third kappa shape index (κ3) is 6.66. The van der Waals surface area contributed by atoms with Crippen LogP contribution in [0.25, 0.3) is 0 Å². The van der Waals surface area contributed by atoms with Gasteiger partial charge in [0.2, 0.25) is 0 Å². The molecule has 3 rings (SSSR count). The van der Waals surface area contributed by atoms with Crippen LogP contribution in [0.2, 0.25) is 0 Å². The maximum absolute atomic E-state index is 13.5. The van der Waals surface area contributed by atoms with Crippen molar-refractivity contribution < 1.29 is 36.2 Å². The van der Waals surface area contributed by atoms with Crippen LogP contribution in [0.5, 0.6) is 11.5 Å². The molecular weight excluding hydrogens is 460 g/mol. The summed E-state index contributed by atoms with van der Waals surface area (Å²) in [5, 5.41) is 9.67. The molecule has 0 aromatic heterocycles. The molecule has 34 heavy (non-hydrogen) atoms. The summed E-state index contributed by atoms with van der Waals surface area (Å²) in [6.45, 7) is 2.31. The van der Waals surface area contributed by atoms with Gasteiger partial charge >= 0.3 is 12.4 Å². The van der Waals surface area contributed by atoms with Gasteiger partial charge in [0.1, 0.15) is 11.5 Å². The van der Waals surface area contributed by atoms with Crippen LogP contribution < -0.4 is 9.64 Å². The SMILES string of the molecule is Cc1cc(C)cc(Oc2cccc(N(Cc3ccccc3C(F)(F)F)C[C@@H](O)C(F)(F)F)c2)c1. The van der Waals surface area contributed by atoms with Crippen LogP contribution in [0.4, 0.5) is 32.0 Å². The minimum Gasteiger partial charge on any atom is -0.457 e. The van der Waals surface area contributed by atoms with Crippen molar-refractivity contribution in [3.8, 4) is 11.5 Å². The van der Waals surface area contributed by atoms with E-state index in [0.29, 0.717) is 5.75 Å². The lowest BCUT2D eigenvalue weighted by Gasteiger charge is -2.29. The summed E-state index contributed by atoms with van der Waals surface area (Å²) in [5.74, 6) is 0.803. The smallest absolute Gasteiger partial charge is 0.416 e. The fourth-order valence-electron chi connectivity index (χ4n) is 3.59. The summed E-state index contributed by atoms with van der Waals surface area (Å²) in [7, 11) is 0. The predicted octanol–water partition coefficient (Wildman–Crippen LogP) is 7.04. The number of aliphatic hydroxyl groups excluding tert-OH is 1. The van der Waals surface area contributed by atoms with Crippen LogP contribution >= 0.6 is 0 Å². The number of rotatable bonds is 7. The molecule has 0 aliphatic carbocycles. The molecule has 0 saturated carbocycles. The maximum Gasteiger partial charge on any atom is 0.416 e. The fraction of sp³-hybridized carbons (Fsp3) is 0.280. The van der Waals surface area contributed by atoms with Gasteiger partial charge in [-0.3, -0.25) is 0 Å². The second-order valence-corrected chi connectivity index (χ2v) is 8.02. The lowest BCUT2D eigenvalue weighted by molar-refractivity contribution is -0.200. The van der Waals surface area contributed by atoms with Crippen molar-refractivity contribution in [2.24, 2.45) is 0 Å². The number of anilines is 1. The minimum absolute atomic E-state index is 0.169. The minimum atomic E-state index is -4.94. The quantitative estimate of drug-likeness (QED) is 0.366. The first kappa shape index (κ1) is 25.4. The summed E-state index contributed by atoms with van der Waals surface area (Å²) in [6, 6.07) is 16.2. The molecule has 1 N–H and O–H groups in total. The van der Waals surface area contributed by atoms with Gasteiger partial charge in [0.05, 0.1) is 12.1 Å². The number of alkyl halides is 6. The summed E-state index contributed by atoms with van der Waals surface area (Å²) < 4.78 is 85.5.